The van der Waals surface area contributed by atoms with Gasteiger partial charge in [0.1, 0.15) is 5.60 Å². The zero-order valence-electron chi connectivity index (χ0n) is 20.2. The van der Waals surface area contributed by atoms with Crippen LogP contribution in [-0.4, -0.2) is 27.4 Å². The summed E-state index contributed by atoms with van der Waals surface area (Å²) in [5.41, 5.74) is 1.77. The Morgan fingerprint density at radius 1 is 0.861 bits per heavy atom. The highest BCUT2D eigenvalue weighted by atomic mass is 16.5. The monoisotopic (exact) mass is 482 g/mol. The highest BCUT2D eigenvalue weighted by Gasteiger charge is 2.41. The van der Waals surface area contributed by atoms with Gasteiger partial charge in [-0.2, -0.15) is 0 Å². The van der Waals surface area contributed by atoms with Crippen LogP contribution in [0.5, 0.6) is 0 Å². The molecule has 0 radical (unpaired) electrons. The third-order valence-corrected chi connectivity index (χ3v) is 7.23. The van der Waals surface area contributed by atoms with Crippen LogP contribution in [0.25, 0.3) is 0 Å². The van der Waals surface area contributed by atoms with Crippen molar-refractivity contribution < 1.29 is 9.84 Å². The van der Waals surface area contributed by atoms with Crippen LogP contribution in [0.3, 0.4) is 0 Å². The Kier molecular flexibility index (Phi) is 6.72. The Morgan fingerprint density at radius 3 is 1.86 bits per heavy atom. The number of nitrogens with zero attached hydrogens (tertiary/aromatic N) is 1. The van der Waals surface area contributed by atoms with Gasteiger partial charge in [-0.3, -0.25) is 14.3 Å². The molecule has 0 bridgehead atoms. The van der Waals surface area contributed by atoms with Crippen LogP contribution in [0.2, 0.25) is 0 Å². The normalized spacial score (nSPS) is 19.9. The molecule has 5 rings (SSSR count). The van der Waals surface area contributed by atoms with Crippen molar-refractivity contribution in [3.8, 4) is 0 Å². The SMILES string of the molecule is Cc1cn([C@@H]2C[C@H](COC(c3ccccc3)(c3ccccc3)c3ccccc3)[C@@H](O)C2)c(=O)[nH]c1=O. The molecule has 1 saturated carbocycles. The minimum atomic E-state index is -0.868. The first kappa shape index (κ1) is 24.0. The fraction of sp³-hybridized carbons (Fsp3) is 0.267. The van der Waals surface area contributed by atoms with Gasteiger partial charge >= 0.3 is 5.69 Å². The summed E-state index contributed by atoms with van der Waals surface area (Å²) in [6.45, 7) is 1.97. The number of aromatic amines is 1. The number of nitrogens with one attached hydrogen (secondary N) is 1. The summed E-state index contributed by atoms with van der Waals surface area (Å²) in [6, 6.07) is 30.2. The maximum Gasteiger partial charge on any atom is 0.328 e. The standard InChI is InChI=1S/C30H30N2O4/c1-21-19-32(29(35)31-28(21)34)26-17-22(27(33)18-26)20-36-30(23-11-5-2-6-12-23,24-13-7-3-8-14-24)25-15-9-4-10-16-25/h2-16,19,22,26-27,33H,17-18,20H2,1H3,(H,31,34,35)/t22-,26-,27+/m1/s1. The van der Waals surface area contributed by atoms with Crippen molar-refractivity contribution in [2.45, 2.75) is 37.5 Å². The predicted octanol–water partition coefficient (Wildman–Crippen LogP) is 4.17. The van der Waals surface area contributed by atoms with E-state index in [4.69, 9.17) is 4.74 Å². The number of aliphatic hydroxyl groups is 1. The molecule has 1 aliphatic carbocycles. The van der Waals surface area contributed by atoms with Gasteiger partial charge in [0.15, 0.2) is 0 Å². The zero-order chi connectivity index (χ0) is 25.1. The van der Waals surface area contributed by atoms with Crippen molar-refractivity contribution in [1.82, 2.24) is 9.55 Å². The molecule has 0 unspecified atom stereocenters. The third-order valence-electron chi connectivity index (χ3n) is 7.23. The van der Waals surface area contributed by atoms with E-state index in [-0.39, 0.29) is 17.5 Å². The number of hydrogen-bond donors (Lipinski definition) is 2. The van der Waals surface area contributed by atoms with Gasteiger partial charge in [0, 0.05) is 23.7 Å². The number of hydrogen-bond acceptors (Lipinski definition) is 4. The lowest BCUT2D eigenvalue weighted by Gasteiger charge is -2.37. The summed E-state index contributed by atoms with van der Waals surface area (Å²) in [5.74, 6) is -0.176. The summed E-state index contributed by atoms with van der Waals surface area (Å²) in [6.07, 6.45) is 1.95. The summed E-state index contributed by atoms with van der Waals surface area (Å²) in [7, 11) is 0. The van der Waals surface area contributed by atoms with E-state index in [9.17, 15) is 14.7 Å². The Balaban J connectivity index is 1.50. The van der Waals surface area contributed by atoms with E-state index in [1.54, 1.807) is 17.7 Å². The van der Waals surface area contributed by atoms with Gasteiger partial charge in [-0.25, -0.2) is 4.79 Å². The minimum Gasteiger partial charge on any atom is -0.393 e. The first-order chi connectivity index (χ1) is 17.5. The molecule has 184 valence electrons. The smallest absolute Gasteiger partial charge is 0.328 e. The molecule has 0 amide bonds. The molecule has 6 heteroatoms. The van der Waals surface area contributed by atoms with Gasteiger partial charge in [0.25, 0.3) is 5.56 Å². The second kappa shape index (κ2) is 10.1. The quantitative estimate of drug-likeness (QED) is 0.388. The lowest BCUT2D eigenvalue weighted by Crippen LogP contribution is -2.35. The molecule has 36 heavy (non-hydrogen) atoms. The van der Waals surface area contributed by atoms with Crippen molar-refractivity contribution in [3.63, 3.8) is 0 Å². The molecular formula is C30H30N2O4. The lowest BCUT2D eigenvalue weighted by atomic mass is 9.80. The largest absolute Gasteiger partial charge is 0.393 e. The summed E-state index contributed by atoms with van der Waals surface area (Å²) < 4.78 is 8.43. The van der Waals surface area contributed by atoms with E-state index in [1.807, 2.05) is 54.6 Å². The summed E-state index contributed by atoms with van der Waals surface area (Å²) in [4.78, 5) is 26.6. The molecule has 6 nitrogen and oxygen atoms in total. The average molecular weight is 483 g/mol. The predicted molar refractivity (Wildman–Crippen MR) is 139 cm³/mol. The fourth-order valence-electron chi connectivity index (χ4n) is 5.34. The molecule has 4 aromatic rings. The summed E-state index contributed by atoms with van der Waals surface area (Å²) >= 11 is 0. The van der Waals surface area contributed by atoms with Crippen LogP contribution in [0.4, 0.5) is 0 Å². The molecule has 0 spiro atoms. The van der Waals surface area contributed by atoms with Gasteiger partial charge in [-0.1, -0.05) is 91.0 Å². The molecule has 0 aliphatic heterocycles. The number of aliphatic hydroxyl groups excluding tert-OH is 1. The first-order valence-electron chi connectivity index (χ1n) is 12.3. The second-order valence-electron chi connectivity index (χ2n) is 9.52. The van der Waals surface area contributed by atoms with Crippen molar-refractivity contribution >= 4 is 0 Å². The fourth-order valence-corrected chi connectivity index (χ4v) is 5.34. The van der Waals surface area contributed by atoms with Crippen molar-refractivity contribution in [1.29, 1.82) is 0 Å². The zero-order valence-corrected chi connectivity index (χ0v) is 20.2. The van der Waals surface area contributed by atoms with Gasteiger partial charge < -0.3 is 9.84 Å². The van der Waals surface area contributed by atoms with Crippen LogP contribution in [0.15, 0.2) is 107 Å². The molecule has 1 aromatic heterocycles. The highest BCUT2D eigenvalue weighted by molar-refractivity contribution is 5.47. The molecule has 3 atom stereocenters. The molecule has 1 aliphatic rings. The summed E-state index contributed by atoms with van der Waals surface area (Å²) in [5, 5.41) is 11.0. The van der Waals surface area contributed by atoms with E-state index in [1.165, 1.54) is 0 Å². The Labute approximate surface area is 209 Å². The van der Waals surface area contributed by atoms with Crippen molar-refractivity contribution in [2.75, 3.05) is 6.61 Å². The number of aryl methyl sites for hydroxylation is 1. The number of aromatic nitrogens is 2. The molecule has 3 aromatic carbocycles. The van der Waals surface area contributed by atoms with Gasteiger partial charge in [0.2, 0.25) is 0 Å². The molecule has 2 N–H and O–H groups in total. The van der Waals surface area contributed by atoms with Crippen molar-refractivity contribution in [3.05, 3.63) is 140 Å². The maximum absolute atomic E-state index is 12.5. The van der Waals surface area contributed by atoms with E-state index >= 15 is 0 Å². The first-order valence-corrected chi connectivity index (χ1v) is 12.3. The Bertz CT molecular complexity index is 1320. The van der Waals surface area contributed by atoms with Crippen LogP contribution >= 0.6 is 0 Å². The van der Waals surface area contributed by atoms with Crippen LogP contribution in [0.1, 0.15) is 41.1 Å². The number of H-pyrrole nitrogens is 1. The van der Waals surface area contributed by atoms with Crippen LogP contribution in [-0.2, 0) is 10.3 Å². The van der Waals surface area contributed by atoms with E-state index in [0.29, 0.717) is 25.0 Å². The van der Waals surface area contributed by atoms with E-state index in [2.05, 4.69) is 41.4 Å². The van der Waals surface area contributed by atoms with E-state index in [0.717, 1.165) is 16.7 Å². The Hall–Kier alpha value is -3.74. The highest BCUT2D eigenvalue weighted by Crippen LogP contribution is 2.42. The van der Waals surface area contributed by atoms with Gasteiger partial charge in [-0.15, -0.1) is 0 Å². The molecule has 0 saturated heterocycles. The third kappa shape index (κ3) is 4.45. The molecule has 1 heterocycles. The number of rotatable bonds is 7. The molecular weight excluding hydrogens is 452 g/mol. The van der Waals surface area contributed by atoms with Gasteiger partial charge in [-0.05, 0) is 36.5 Å². The number of ether oxygens (including phenoxy) is 1. The number of benzene rings is 3. The minimum absolute atomic E-state index is 0.176. The van der Waals surface area contributed by atoms with Crippen LogP contribution < -0.4 is 11.2 Å². The maximum atomic E-state index is 12.5. The second-order valence-corrected chi connectivity index (χ2v) is 9.52. The van der Waals surface area contributed by atoms with Crippen molar-refractivity contribution in [2.24, 2.45) is 5.92 Å². The average Bonchev–Trinajstić information content (AvgIpc) is 3.28. The topological polar surface area (TPSA) is 84.3 Å². The Morgan fingerprint density at radius 2 is 1.36 bits per heavy atom. The lowest BCUT2D eigenvalue weighted by molar-refractivity contribution is -0.0296. The van der Waals surface area contributed by atoms with E-state index < -0.39 is 17.4 Å². The van der Waals surface area contributed by atoms with Crippen LogP contribution in [0, 0.1) is 12.8 Å². The molecule has 1 fully saturated rings. The van der Waals surface area contributed by atoms with Gasteiger partial charge in [0.05, 0.1) is 12.7 Å².